The van der Waals surface area contributed by atoms with Gasteiger partial charge < -0.3 is 20.3 Å². The fourth-order valence-corrected chi connectivity index (χ4v) is 2.97. The Balaban J connectivity index is 2.27. The lowest BCUT2D eigenvalue weighted by atomic mass is 9.77. The van der Waals surface area contributed by atoms with E-state index in [-0.39, 0.29) is 0 Å². The van der Waals surface area contributed by atoms with Crippen LogP contribution in [0.3, 0.4) is 0 Å². The molecule has 1 aliphatic rings. The average molecular weight is 330 g/mol. The zero-order valence-electron chi connectivity index (χ0n) is 11.2. The van der Waals surface area contributed by atoms with Crippen LogP contribution in [-0.4, -0.2) is 25.4 Å². The molecule has 0 aromatic heterocycles. The summed E-state index contributed by atoms with van der Waals surface area (Å²) >= 11 is 3.48. The predicted octanol–water partition coefficient (Wildman–Crippen LogP) is 2.63. The van der Waals surface area contributed by atoms with Crippen LogP contribution in [0.2, 0.25) is 0 Å². The maximum atomic E-state index is 10.3. The van der Waals surface area contributed by atoms with Crippen LogP contribution in [0.15, 0.2) is 16.6 Å². The summed E-state index contributed by atoms with van der Waals surface area (Å²) < 4.78 is 11.3. The Morgan fingerprint density at radius 2 is 1.84 bits per heavy atom. The van der Waals surface area contributed by atoms with E-state index in [1.165, 1.54) is 6.42 Å². The Kier molecular flexibility index (Phi) is 4.71. The molecule has 106 valence electrons. The molecule has 2 atom stereocenters. The molecule has 1 aromatic carbocycles. The van der Waals surface area contributed by atoms with E-state index in [0.29, 0.717) is 17.4 Å². The molecule has 0 radical (unpaired) electrons. The van der Waals surface area contributed by atoms with Gasteiger partial charge >= 0.3 is 0 Å². The van der Waals surface area contributed by atoms with E-state index in [1.807, 2.05) is 12.1 Å². The van der Waals surface area contributed by atoms with Gasteiger partial charge in [0.25, 0.3) is 0 Å². The summed E-state index contributed by atoms with van der Waals surface area (Å²) in [6, 6.07) is 3.23. The van der Waals surface area contributed by atoms with Crippen molar-refractivity contribution in [3.8, 4) is 11.5 Å². The summed E-state index contributed by atoms with van der Waals surface area (Å²) in [6.07, 6.45) is 2.78. The van der Waals surface area contributed by atoms with E-state index in [9.17, 15) is 5.11 Å². The van der Waals surface area contributed by atoms with Crippen molar-refractivity contribution in [2.24, 2.45) is 11.7 Å². The van der Waals surface area contributed by atoms with Crippen molar-refractivity contribution in [1.29, 1.82) is 0 Å². The number of ether oxygens (including phenoxy) is 2. The van der Waals surface area contributed by atoms with Gasteiger partial charge in [0.1, 0.15) is 0 Å². The van der Waals surface area contributed by atoms with Gasteiger partial charge in [0, 0.05) is 4.47 Å². The van der Waals surface area contributed by atoms with E-state index in [1.54, 1.807) is 14.2 Å². The molecule has 1 aromatic rings. The number of benzene rings is 1. The largest absolute Gasteiger partial charge is 0.493 e. The van der Waals surface area contributed by atoms with Gasteiger partial charge in [0.05, 0.1) is 26.4 Å². The van der Waals surface area contributed by atoms with Crippen molar-refractivity contribution in [2.45, 2.75) is 31.4 Å². The molecule has 4 nitrogen and oxygen atoms in total. The molecule has 0 aliphatic heterocycles. The number of methoxy groups -OCH3 is 2. The Hall–Kier alpha value is -0.780. The van der Waals surface area contributed by atoms with Gasteiger partial charge in [-0.05, 0) is 36.5 Å². The normalized spacial score (nSPS) is 18.6. The fraction of sp³-hybridized carbons (Fsp3) is 0.571. The van der Waals surface area contributed by atoms with E-state index < -0.39 is 12.1 Å². The lowest BCUT2D eigenvalue weighted by Gasteiger charge is -2.34. The molecule has 0 saturated heterocycles. The standard InChI is InChI=1S/C14H20BrNO3/c1-18-11-6-9(10(15)7-12(11)19-2)13(16)14(17)8-4-3-5-8/h6-8,13-14,17H,3-5,16H2,1-2H3/t13-,14+/m0/s1. The van der Waals surface area contributed by atoms with E-state index in [4.69, 9.17) is 15.2 Å². The third-order valence-electron chi connectivity index (χ3n) is 3.86. The summed E-state index contributed by atoms with van der Waals surface area (Å²) in [6.45, 7) is 0. The first-order valence-electron chi connectivity index (χ1n) is 6.43. The van der Waals surface area contributed by atoms with Crippen molar-refractivity contribution in [3.63, 3.8) is 0 Å². The second kappa shape index (κ2) is 6.11. The highest BCUT2D eigenvalue weighted by atomic mass is 79.9. The van der Waals surface area contributed by atoms with Crippen LogP contribution >= 0.6 is 15.9 Å². The van der Waals surface area contributed by atoms with Gasteiger partial charge in [-0.1, -0.05) is 22.4 Å². The molecule has 19 heavy (non-hydrogen) atoms. The molecule has 2 rings (SSSR count). The van der Waals surface area contributed by atoms with Gasteiger partial charge in [0.2, 0.25) is 0 Å². The monoisotopic (exact) mass is 329 g/mol. The summed E-state index contributed by atoms with van der Waals surface area (Å²) in [5, 5.41) is 10.3. The predicted molar refractivity (Wildman–Crippen MR) is 77.5 cm³/mol. The lowest BCUT2D eigenvalue weighted by Crippen LogP contribution is -2.36. The SMILES string of the molecule is COc1cc(Br)c([C@H](N)[C@H](O)C2CCC2)cc1OC. The maximum absolute atomic E-state index is 10.3. The van der Waals surface area contributed by atoms with Crippen LogP contribution in [0.25, 0.3) is 0 Å². The van der Waals surface area contributed by atoms with Gasteiger partial charge in [-0.15, -0.1) is 0 Å². The number of hydrogen-bond donors (Lipinski definition) is 2. The minimum Gasteiger partial charge on any atom is -0.493 e. The fourth-order valence-electron chi connectivity index (χ4n) is 2.38. The number of aliphatic hydroxyl groups excluding tert-OH is 1. The quantitative estimate of drug-likeness (QED) is 0.871. The second-order valence-corrected chi connectivity index (χ2v) is 5.79. The van der Waals surface area contributed by atoms with Crippen molar-refractivity contribution in [2.75, 3.05) is 14.2 Å². The highest BCUT2D eigenvalue weighted by Gasteiger charge is 2.32. The first-order chi connectivity index (χ1) is 9.08. The summed E-state index contributed by atoms with van der Waals surface area (Å²) in [5.41, 5.74) is 7.03. The number of hydrogen-bond acceptors (Lipinski definition) is 4. The molecule has 3 N–H and O–H groups in total. The third kappa shape index (κ3) is 2.88. The number of aliphatic hydroxyl groups is 1. The van der Waals surface area contributed by atoms with Crippen molar-refractivity contribution in [1.82, 2.24) is 0 Å². The van der Waals surface area contributed by atoms with Crippen LogP contribution in [0.4, 0.5) is 0 Å². The smallest absolute Gasteiger partial charge is 0.161 e. The van der Waals surface area contributed by atoms with E-state index in [0.717, 1.165) is 22.9 Å². The molecule has 5 heteroatoms. The molecule has 1 fully saturated rings. The van der Waals surface area contributed by atoms with Crippen LogP contribution in [-0.2, 0) is 0 Å². The topological polar surface area (TPSA) is 64.7 Å². The number of halogens is 1. The summed E-state index contributed by atoms with van der Waals surface area (Å²) in [5.74, 6) is 1.58. The number of nitrogens with two attached hydrogens (primary N) is 1. The minimum absolute atomic E-state index is 0.315. The van der Waals surface area contributed by atoms with Crippen LogP contribution < -0.4 is 15.2 Å². The Morgan fingerprint density at radius 3 is 2.32 bits per heavy atom. The molecule has 0 unspecified atom stereocenters. The lowest BCUT2D eigenvalue weighted by molar-refractivity contribution is 0.0411. The van der Waals surface area contributed by atoms with Gasteiger partial charge in [-0.3, -0.25) is 0 Å². The molecular formula is C14H20BrNO3. The van der Waals surface area contributed by atoms with Gasteiger partial charge in [-0.2, -0.15) is 0 Å². The molecule has 0 bridgehead atoms. The molecule has 1 saturated carbocycles. The highest BCUT2D eigenvalue weighted by Crippen LogP contribution is 2.39. The summed E-state index contributed by atoms with van der Waals surface area (Å²) in [4.78, 5) is 0. The van der Waals surface area contributed by atoms with Crippen molar-refractivity contribution >= 4 is 15.9 Å². The maximum Gasteiger partial charge on any atom is 0.161 e. The molecule has 0 amide bonds. The highest BCUT2D eigenvalue weighted by molar-refractivity contribution is 9.10. The Labute approximate surface area is 122 Å². The molecule has 0 spiro atoms. The zero-order chi connectivity index (χ0) is 14.0. The van der Waals surface area contributed by atoms with Crippen LogP contribution in [0.1, 0.15) is 30.9 Å². The molecule has 0 heterocycles. The van der Waals surface area contributed by atoms with E-state index in [2.05, 4.69) is 15.9 Å². The number of rotatable bonds is 5. The zero-order valence-corrected chi connectivity index (χ0v) is 12.8. The Bertz CT molecular complexity index is 449. The van der Waals surface area contributed by atoms with Crippen LogP contribution in [0, 0.1) is 5.92 Å². The first kappa shape index (κ1) is 14.6. The van der Waals surface area contributed by atoms with Gasteiger partial charge in [-0.25, -0.2) is 0 Å². The third-order valence-corrected chi connectivity index (χ3v) is 4.55. The van der Waals surface area contributed by atoms with E-state index >= 15 is 0 Å². The first-order valence-corrected chi connectivity index (χ1v) is 7.22. The summed E-state index contributed by atoms with van der Waals surface area (Å²) in [7, 11) is 3.18. The van der Waals surface area contributed by atoms with Crippen LogP contribution in [0.5, 0.6) is 11.5 Å². The molecule has 1 aliphatic carbocycles. The second-order valence-electron chi connectivity index (χ2n) is 4.94. The molecular weight excluding hydrogens is 310 g/mol. The van der Waals surface area contributed by atoms with Crippen molar-refractivity contribution in [3.05, 3.63) is 22.2 Å². The Morgan fingerprint density at radius 1 is 1.26 bits per heavy atom. The van der Waals surface area contributed by atoms with Gasteiger partial charge in [0.15, 0.2) is 11.5 Å². The average Bonchev–Trinajstić information content (AvgIpc) is 2.35. The minimum atomic E-state index is -0.511. The van der Waals surface area contributed by atoms with Crippen molar-refractivity contribution < 1.29 is 14.6 Å².